The van der Waals surface area contributed by atoms with E-state index < -0.39 is 12.4 Å². The number of aromatic nitrogens is 5. The molecular formula is C44H42BCl2F3IKN10O4S3. The molecule has 14 nitrogen and oxygen atoms in total. The molecule has 0 bridgehead atoms. The number of fused-ring (bicyclic) bond motifs is 1. The van der Waals surface area contributed by atoms with Crippen molar-refractivity contribution >= 4 is 146 Å². The SMILES string of the molecule is COc1ccc(N)c(N)c1.COc1ccc2nc(-c3cc(-c4ccsc4)cnc3N)[nH]c2c1.Cl.Cl.F[B-](F)(F)c1ccsc1.Nc1ncc(-c2ccsc2)cc1C=O.Nc1ncc(I)cc1C=O.[K+]. The number of ether oxygens (including phenoxy) is 2. The number of carbonyl (C=O) groups is 2. The average molecular weight is 1180 g/mol. The first-order chi connectivity index (χ1) is 31.6. The molecule has 2 aromatic carbocycles. The second kappa shape index (κ2) is 29.4. The Balaban J connectivity index is 0.000000310. The number of nitrogens with one attached hydrogen (secondary N) is 1. The number of hydrogen-bond donors (Lipinski definition) is 6. The average Bonchev–Trinajstić information content (AvgIpc) is 4.18. The Morgan fingerprint density at radius 1 is 0.623 bits per heavy atom. The van der Waals surface area contributed by atoms with E-state index in [-0.39, 0.29) is 87.8 Å². The van der Waals surface area contributed by atoms with Crippen LogP contribution in [0.25, 0.3) is 44.7 Å². The van der Waals surface area contributed by atoms with Crippen molar-refractivity contribution in [1.29, 1.82) is 0 Å². The molecule has 0 atom stereocenters. The number of nitrogens with zero attached hydrogens (tertiary/aromatic N) is 4. The van der Waals surface area contributed by atoms with E-state index in [2.05, 4.69) is 59.0 Å². The van der Waals surface area contributed by atoms with Crippen LogP contribution < -0.4 is 95.0 Å². The Bertz CT molecular complexity index is 3000. The molecule has 0 saturated carbocycles. The quantitative estimate of drug-likeness (QED) is 0.0369. The van der Waals surface area contributed by atoms with E-state index in [1.165, 1.54) is 5.38 Å². The van der Waals surface area contributed by atoms with Crippen molar-refractivity contribution in [2.45, 2.75) is 0 Å². The third-order valence-electron chi connectivity index (χ3n) is 8.91. The summed E-state index contributed by atoms with van der Waals surface area (Å²) in [6.45, 7) is -4.75. The number of nitrogens with two attached hydrogens (primary N) is 5. The third kappa shape index (κ3) is 17.8. The van der Waals surface area contributed by atoms with Gasteiger partial charge in [-0.3, -0.25) is 9.59 Å². The van der Waals surface area contributed by atoms with Crippen molar-refractivity contribution in [3.05, 3.63) is 138 Å². The van der Waals surface area contributed by atoms with Crippen molar-refractivity contribution in [3.63, 3.8) is 0 Å². The van der Waals surface area contributed by atoms with Crippen LogP contribution in [0, 0.1) is 3.57 Å². The van der Waals surface area contributed by atoms with Gasteiger partial charge in [-0.2, -0.15) is 34.0 Å². The summed E-state index contributed by atoms with van der Waals surface area (Å²) in [4.78, 5) is 40.9. The molecule has 7 aromatic heterocycles. The fourth-order valence-corrected chi connectivity index (χ4v) is 7.88. The van der Waals surface area contributed by atoms with Crippen LogP contribution in [0.3, 0.4) is 0 Å². The van der Waals surface area contributed by atoms with Crippen LogP contribution in [0.2, 0.25) is 0 Å². The maximum Gasteiger partial charge on any atom is 1.00 e. The fourth-order valence-electron chi connectivity index (χ4n) is 5.37. The summed E-state index contributed by atoms with van der Waals surface area (Å²) >= 11 is 6.39. The van der Waals surface area contributed by atoms with Gasteiger partial charge in [-0.15, -0.1) is 24.8 Å². The first kappa shape index (κ1) is 60.3. The number of aldehydes is 2. The molecule has 0 aliphatic rings. The predicted molar refractivity (Wildman–Crippen MR) is 287 cm³/mol. The number of thiophene rings is 3. The molecule has 11 N–H and O–H groups in total. The number of H-pyrrole nitrogens is 1. The molecule has 0 aliphatic heterocycles. The van der Waals surface area contributed by atoms with Crippen LogP contribution in [0.1, 0.15) is 20.7 Å². The second-order valence-electron chi connectivity index (χ2n) is 13.3. The molecule has 0 radical (unpaired) electrons. The van der Waals surface area contributed by atoms with Gasteiger partial charge >= 0.3 is 58.4 Å². The zero-order chi connectivity index (χ0) is 47.8. The molecular weight excluding hydrogens is 1130 g/mol. The fraction of sp³-hybridized carbons (Fsp3) is 0.0455. The van der Waals surface area contributed by atoms with E-state index >= 15 is 0 Å². The van der Waals surface area contributed by atoms with E-state index in [0.29, 0.717) is 40.4 Å². The molecule has 25 heteroatoms. The Morgan fingerprint density at radius 3 is 1.64 bits per heavy atom. The van der Waals surface area contributed by atoms with Gasteiger partial charge in [0.15, 0.2) is 12.6 Å². The monoisotopic (exact) mass is 1170 g/mol. The van der Waals surface area contributed by atoms with Gasteiger partial charge in [0.25, 0.3) is 0 Å². The molecule has 356 valence electrons. The Morgan fingerprint density at radius 2 is 1.14 bits per heavy atom. The van der Waals surface area contributed by atoms with Gasteiger partial charge in [0, 0.05) is 45.4 Å². The number of nitrogen functional groups attached to an aromatic ring is 5. The zero-order valence-corrected chi connectivity index (χ0v) is 46.1. The maximum atomic E-state index is 11.7. The Hall–Kier alpha value is -4.80. The third-order valence-corrected chi connectivity index (χ3v) is 11.6. The minimum atomic E-state index is -4.75. The minimum Gasteiger partial charge on any atom is -0.497 e. The molecule has 7 heterocycles. The largest absolute Gasteiger partial charge is 1.00 e. The number of methoxy groups -OCH3 is 2. The summed E-state index contributed by atoms with van der Waals surface area (Å²) in [7, 11) is 3.23. The molecule has 0 amide bonds. The van der Waals surface area contributed by atoms with Gasteiger partial charge in [-0.05, 0) is 121 Å². The van der Waals surface area contributed by atoms with Gasteiger partial charge in [-0.25, -0.2) is 19.9 Å². The predicted octanol–water partition coefficient (Wildman–Crippen LogP) is 7.74. The molecule has 0 saturated heterocycles. The second-order valence-corrected chi connectivity index (χ2v) is 16.9. The molecule has 9 rings (SSSR count). The van der Waals surface area contributed by atoms with Gasteiger partial charge in [0.2, 0.25) is 0 Å². The standard InChI is InChI=1S/C17H14N4OS.C10H8N2OS.C7H10N2O.C6H5IN2O.C4H3BF3S.2ClH.K/c1-22-12-2-3-14-15(7-12)21-17(20-14)13-6-11(8-19-16(13)18)10-4-5-23-9-10;11-10-9(5-13)3-8(4-12-10)7-1-2-14-6-7;1-10-5-2-3-6(8)7(9)4-5;7-5-1-4(3-10)6(8)9-2-5;6-5(7,8)4-1-2-9-3-4;;;/h2-9H,1H3,(H2,18,19)(H,20,21);1-6H,(H2,11,12);2-4H,8-9H2,1H3;1-3H,(H2,8,9);1-3H;2*1H;/q;;;;-1;;;+1. The summed E-state index contributed by atoms with van der Waals surface area (Å²) in [5.74, 6) is 3.23. The minimum absolute atomic E-state index is 0. The molecule has 9 aromatic rings. The van der Waals surface area contributed by atoms with E-state index in [1.807, 2.05) is 46.5 Å². The summed E-state index contributed by atoms with van der Waals surface area (Å²) in [6.07, 6.45) is 6.49. The van der Waals surface area contributed by atoms with Crippen LogP contribution in [0.15, 0.2) is 124 Å². The smallest absolute Gasteiger partial charge is 0.497 e. The number of rotatable bonds is 8. The number of aromatic amines is 1. The van der Waals surface area contributed by atoms with Crippen molar-refractivity contribution in [2.75, 3.05) is 42.9 Å². The molecule has 0 unspecified atom stereocenters. The summed E-state index contributed by atoms with van der Waals surface area (Å²) in [5, 5.41) is 10.6. The van der Waals surface area contributed by atoms with Crippen LogP contribution in [0.4, 0.5) is 41.8 Å². The Kier molecular flexibility index (Phi) is 25.7. The molecule has 0 fully saturated rings. The van der Waals surface area contributed by atoms with Gasteiger partial charge in [-0.1, -0.05) is 11.5 Å². The molecule has 69 heavy (non-hydrogen) atoms. The van der Waals surface area contributed by atoms with E-state index in [1.54, 1.807) is 85.8 Å². The van der Waals surface area contributed by atoms with E-state index in [0.717, 1.165) is 83.0 Å². The van der Waals surface area contributed by atoms with Crippen LogP contribution in [-0.4, -0.2) is 58.7 Å². The molecule has 0 spiro atoms. The first-order valence-electron chi connectivity index (χ1n) is 19.0. The topological polar surface area (TPSA) is 250 Å². The van der Waals surface area contributed by atoms with E-state index in [4.69, 9.17) is 38.1 Å². The number of carbonyl (C=O) groups excluding carboxylic acids is 2. The van der Waals surface area contributed by atoms with Crippen molar-refractivity contribution in [1.82, 2.24) is 24.9 Å². The Labute approximate surface area is 475 Å². The van der Waals surface area contributed by atoms with Crippen molar-refractivity contribution < 1.29 is 83.4 Å². The van der Waals surface area contributed by atoms with E-state index in [9.17, 15) is 22.5 Å². The number of halogens is 6. The van der Waals surface area contributed by atoms with Gasteiger partial charge in [0.05, 0.1) is 53.3 Å². The zero-order valence-electron chi connectivity index (χ0n) is 36.7. The first-order valence-corrected chi connectivity index (χ1v) is 22.9. The summed E-state index contributed by atoms with van der Waals surface area (Å²) in [6, 6.07) is 21.5. The number of hydrogen-bond acceptors (Lipinski definition) is 16. The van der Waals surface area contributed by atoms with Crippen LogP contribution >= 0.6 is 81.4 Å². The maximum absolute atomic E-state index is 11.7. The van der Waals surface area contributed by atoms with Gasteiger partial charge in [0.1, 0.15) is 34.8 Å². The van der Waals surface area contributed by atoms with Crippen molar-refractivity contribution in [3.8, 4) is 45.1 Å². The number of benzene rings is 2. The molecule has 0 aliphatic carbocycles. The number of imidazole rings is 1. The normalized spacial score (nSPS) is 9.94. The van der Waals surface area contributed by atoms with Crippen LogP contribution in [0.5, 0.6) is 11.5 Å². The van der Waals surface area contributed by atoms with Crippen molar-refractivity contribution in [2.24, 2.45) is 0 Å². The summed E-state index contributed by atoms with van der Waals surface area (Å²) < 4.78 is 46.1. The summed E-state index contributed by atoms with van der Waals surface area (Å²) in [5.41, 5.74) is 36.1. The number of anilines is 5. The van der Waals surface area contributed by atoms with Crippen LogP contribution in [-0.2, 0) is 0 Å². The van der Waals surface area contributed by atoms with Gasteiger partial charge < -0.3 is 56.1 Å². The number of pyridine rings is 3.